The molecular weight excluding hydrogens is 464 g/mol. The van der Waals surface area contributed by atoms with Gasteiger partial charge in [-0.25, -0.2) is 9.97 Å². The molecule has 8 nitrogen and oxygen atoms in total. The van der Waals surface area contributed by atoms with Crippen LogP contribution >= 0.6 is 15.9 Å². The molecule has 0 bridgehead atoms. The van der Waals surface area contributed by atoms with Gasteiger partial charge in [-0.3, -0.25) is 14.9 Å². The number of nitrogens with zero attached hydrogens (tertiary/aromatic N) is 3. The maximum Gasteiger partial charge on any atom is 0.293 e. The van der Waals surface area contributed by atoms with E-state index in [1.807, 2.05) is 18.2 Å². The van der Waals surface area contributed by atoms with Gasteiger partial charge >= 0.3 is 0 Å². The summed E-state index contributed by atoms with van der Waals surface area (Å²) >= 11 is 3.39. The first-order chi connectivity index (χ1) is 15.0. The number of aromatic nitrogens is 2. The molecular formula is C22H15BrN4O4. The van der Waals surface area contributed by atoms with Crippen molar-refractivity contribution in [1.82, 2.24) is 9.97 Å². The fourth-order valence-electron chi connectivity index (χ4n) is 3.07. The number of hydrogen-bond acceptors (Lipinski definition) is 6. The molecule has 0 atom stereocenters. The fourth-order valence-corrected chi connectivity index (χ4v) is 3.61. The molecule has 3 aromatic carbocycles. The summed E-state index contributed by atoms with van der Waals surface area (Å²) in [6.45, 7) is 0. The van der Waals surface area contributed by atoms with Crippen LogP contribution in [0.25, 0.3) is 22.2 Å². The second-order valence-corrected chi connectivity index (χ2v) is 7.37. The van der Waals surface area contributed by atoms with Gasteiger partial charge in [-0.05, 0) is 52.3 Å². The highest BCUT2D eigenvalue weighted by Gasteiger charge is 2.17. The number of rotatable bonds is 5. The number of nitrogens with one attached hydrogen (secondary N) is 1. The van der Waals surface area contributed by atoms with Crippen molar-refractivity contribution in [1.29, 1.82) is 0 Å². The number of benzene rings is 3. The van der Waals surface area contributed by atoms with Crippen LogP contribution in [0.3, 0.4) is 0 Å². The van der Waals surface area contributed by atoms with Crippen LogP contribution in [0, 0.1) is 10.1 Å². The van der Waals surface area contributed by atoms with Crippen LogP contribution in [0.4, 0.5) is 11.4 Å². The smallest absolute Gasteiger partial charge is 0.293 e. The SMILES string of the molecule is COc1ccc(NC(=O)c2nc(-c3ccc([N+](=O)[O-])cc3)c3ccccc3n2)cc1Br. The highest BCUT2D eigenvalue weighted by atomic mass is 79.9. The van der Waals surface area contributed by atoms with Gasteiger partial charge in [0, 0.05) is 28.8 Å². The predicted octanol–water partition coefficient (Wildman–Crippen LogP) is 5.23. The Morgan fingerprint density at radius 2 is 1.81 bits per heavy atom. The minimum absolute atomic E-state index is 0.0148. The molecule has 0 radical (unpaired) electrons. The van der Waals surface area contributed by atoms with Crippen molar-refractivity contribution in [2.45, 2.75) is 0 Å². The van der Waals surface area contributed by atoms with Gasteiger partial charge in [0.25, 0.3) is 11.6 Å². The topological polar surface area (TPSA) is 107 Å². The number of fused-ring (bicyclic) bond motifs is 1. The molecule has 9 heteroatoms. The normalized spacial score (nSPS) is 10.6. The number of carbonyl (C=O) groups excluding carboxylic acids is 1. The summed E-state index contributed by atoms with van der Waals surface area (Å²) in [5.74, 6) is 0.144. The maximum absolute atomic E-state index is 12.9. The summed E-state index contributed by atoms with van der Waals surface area (Å²) in [6, 6.07) is 18.5. The third-order valence-electron chi connectivity index (χ3n) is 4.57. The van der Waals surface area contributed by atoms with E-state index in [2.05, 4.69) is 31.2 Å². The summed E-state index contributed by atoms with van der Waals surface area (Å²) < 4.78 is 5.89. The highest BCUT2D eigenvalue weighted by molar-refractivity contribution is 9.10. The second kappa shape index (κ2) is 8.49. The average molecular weight is 479 g/mol. The van der Waals surface area contributed by atoms with E-state index in [-0.39, 0.29) is 11.5 Å². The minimum Gasteiger partial charge on any atom is -0.496 e. The number of para-hydroxylation sites is 1. The molecule has 1 aromatic heterocycles. The number of nitro groups is 1. The molecule has 0 fully saturated rings. The van der Waals surface area contributed by atoms with Crippen molar-refractivity contribution in [3.8, 4) is 17.0 Å². The van der Waals surface area contributed by atoms with Crippen LogP contribution < -0.4 is 10.1 Å². The molecule has 0 aliphatic rings. The molecule has 0 saturated heterocycles. The maximum atomic E-state index is 12.9. The van der Waals surface area contributed by atoms with E-state index < -0.39 is 10.8 Å². The van der Waals surface area contributed by atoms with Crippen molar-refractivity contribution in [3.05, 3.63) is 87.1 Å². The second-order valence-electron chi connectivity index (χ2n) is 6.52. The lowest BCUT2D eigenvalue weighted by Gasteiger charge is -2.10. The Balaban J connectivity index is 1.74. The lowest BCUT2D eigenvalue weighted by Crippen LogP contribution is -2.16. The number of halogens is 1. The zero-order valence-corrected chi connectivity index (χ0v) is 17.8. The summed E-state index contributed by atoms with van der Waals surface area (Å²) in [5, 5.41) is 14.5. The Morgan fingerprint density at radius 1 is 1.06 bits per heavy atom. The van der Waals surface area contributed by atoms with E-state index in [0.717, 1.165) is 5.39 Å². The number of anilines is 1. The molecule has 1 N–H and O–H groups in total. The van der Waals surface area contributed by atoms with Crippen molar-refractivity contribution in [2.75, 3.05) is 12.4 Å². The van der Waals surface area contributed by atoms with E-state index in [1.165, 1.54) is 12.1 Å². The van der Waals surface area contributed by atoms with E-state index >= 15 is 0 Å². The quantitative estimate of drug-likeness (QED) is 0.310. The minimum atomic E-state index is -0.481. The first kappa shape index (κ1) is 20.4. The molecule has 0 spiro atoms. The van der Waals surface area contributed by atoms with Gasteiger partial charge in [0.1, 0.15) is 5.75 Å². The van der Waals surface area contributed by atoms with E-state index in [4.69, 9.17) is 4.74 Å². The Labute approximate surface area is 185 Å². The molecule has 0 saturated carbocycles. The Kier molecular flexibility index (Phi) is 5.59. The molecule has 1 amide bonds. The van der Waals surface area contributed by atoms with Gasteiger partial charge in [0.2, 0.25) is 5.82 Å². The molecule has 4 aromatic rings. The lowest BCUT2D eigenvalue weighted by molar-refractivity contribution is -0.384. The zero-order valence-electron chi connectivity index (χ0n) is 16.2. The third-order valence-corrected chi connectivity index (χ3v) is 5.19. The number of non-ortho nitro benzene ring substituents is 1. The fraction of sp³-hybridized carbons (Fsp3) is 0.0455. The lowest BCUT2D eigenvalue weighted by atomic mass is 10.1. The molecule has 4 rings (SSSR count). The number of carbonyl (C=O) groups is 1. The van der Waals surface area contributed by atoms with E-state index in [1.54, 1.807) is 43.5 Å². The summed E-state index contributed by atoms with van der Waals surface area (Å²) in [7, 11) is 1.56. The van der Waals surface area contributed by atoms with Gasteiger partial charge in [0.05, 0.1) is 27.7 Å². The summed E-state index contributed by atoms with van der Waals surface area (Å²) in [4.78, 5) is 32.2. The number of amides is 1. The van der Waals surface area contributed by atoms with Gasteiger partial charge in [0.15, 0.2) is 0 Å². The Bertz CT molecular complexity index is 1310. The predicted molar refractivity (Wildman–Crippen MR) is 120 cm³/mol. The monoisotopic (exact) mass is 478 g/mol. The van der Waals surface area contributed by atoms with E-state index in [0.29, 0.717) is 32.7 Å². The van der Waals surface area contributed by atoms with Crippen LogP contribution in [0.2, 0.25) is 0 Å². The van der Waals surface area contributed by atoms with E-state index in [9.17, 15) is 14.9 Å². The van der Waals surface area contributed by atoms with Crippen molar-refractivity contribution < 1.29 is 14.5 Å². The number of nitro benzene ring substituents is 1. The molecule has 154 valence electrons. The van der Waals surface area contributed by atoms with Gasteiger partial charge in [-0.1, -0.05) is 18.2 Å². The average Bonchev–Trinajstić information content (AvgIpc) is 2.78. The Hall–Kier alpha value is -3.85. The molecule has 31 heavy (non-hydrogen) atoms. The van der Waals surface area contributed by atoms with Crippen molar-refractivity contribution in [3.63, 3.8) is 0 Å². The zero-order chi connectivity index (χ0) is 22.0. The molecule has 0 unspecified atom stereocenters. The van der Waals surface area contributed by atoms with Crippen molar-refractivity contribution >= 4 is 44.1 Å². The molecule has 0 aliphatic carbocycles. The van der Waals surface area contributed by atoms with Crippen LogP contribution in [-0.2, 0) is 0 Å². The van der Waals surface area contributed by atoms with Crippen LogP contribution in [0.5, 0.6) is 5.75 Å². The largest absolute Gasteiger partial charge is 0.496 e. The molecule has 0 aliphatic heterocycles. The number of hydrogen-bond donors (Lipinski definition) is 1. The van der Waals surface area contributed by atoms with Crippen molar-refractivity contribution in [2.24, 2.45) is 0 Å². The van der Waals surface area contributed by atoms with Crippen LogP contribution in [-0.4, -0.2) is 27.9 Å². The Morgan fingerprint density at radius 3 is 2.48 bits per heavy atom. The summed E-state index contributed by atoms with van der Waals surface area (Å²) in [6.07, 6.45) is 0. The van der Waals surface area contributed by atoms with Gasteiger partial charge in [-0.2, -0.15) is 0 Å². The standard InChI is InChI=1S/C22H15BrN4O4/c1-31-19-11-8-14(12-17(19)23)24-22(28)21-25-18-5-3-2-4-16(18)20(26-21)13-6-9-15(10-7-13)27(29)30/h2-12H,1H3,(H,24,28). The van der Waals surface area contributed by atoms with Crippen LogP contribution in [0.15, 0.2) is 71.2 Å². The van der Waals surface area contributed by atoms with Gasteiger partial charge in [-0.15, -0.1) is 0 Å². The van der Waals surface area contributed by atoms with Gasteiger partial charge < -0.3 is 10.1 Å². The first-order valence-electron chi connectivity index (χ1n) is 9.13. The summed E-state index contributed by atoms with van der Waals surface area (Å²) in [5.41, 5.74) is 2.27. The number of methoxy groups -OCH3 is 1. The highest BCUT2D eigenvalue weighted by Crippen LogP contribution is 2.29. The third kappa shape index (κ3) is 4.22. The number of ether oxygens (including phenoxy) is 1. The van der Waals surface area contributed by atoms with Crippen LogP contribution in [0.1, 0.15) is 10.6 Å². The molecule has 1 heterocycles. The first-order valence-corrected chi connectivity index (χ1v) is 9.92.